The topological polar surface area (TPSA) is 49.3 Å². The van der Waals surface area contributed by atoms with Crippen molar-refractivity contribution in [2.24, 2.45) is 5.41 Å². The monoisotopic (exact) mass is 363 g/mol. The minimum Gasteiger partial charge on any atom is -0.465 e. The summed E-state index contributed by atoms with van der Waals surface area (Å²) in [5.41, 5.74) is 4.09. The Morgan fingerprint density at radius 1 is 1.12 bits per heavy atom. The average Bonchev–Trinajstić information content (AvgIpc) is 2.48. The van der Waals surface area contributed by atoms with E-state index in [9.17, 15) is 9.90 Å². The molecule has 0 fully saturated rings. The van der Waals surface area contributed by atoms with Crippen LogP contribution in [0.25, 0.3) is 11.1 Å². The van der Waals surface area contributed by atoms with Crippen molar-refractivity contribution >= 4 is 29.3 Å². The van der Waals surface area contributed by atoms with Gasteiger partial charge in [0.2, 0.25) is 0 Å². The van der Waals surface area contributed by atoms with Crippen molar-refractivity contribution < 1.29 is 9.90 Å². The Hall–Kier alpha value is -1.71. The molecule has 2 aromatic carbocycles. The lowest BCUT2D eigenvalue weighted by atomic mass is 9.70. The van der Waals surface area contributed by atoms with Crippen LogP contribution in [-0.4, -0.2) is 11.2 Å². The summed E-state index contributed by atoms with van der Waals surface area (Å²) < 4.78 is 0. The van der Waals surface area contributed by atoms with Gasteiger partial charge in [-0.25, -0.2) is 4.79 Å². The third-order valence-corrected chi connectivity index (χ3v) is 5.17. The molecule has 126 valence electrons. The molecular weight excluding hydrogens is 345 g/mol. The highest BCUT2D eigenvalue weighted by molar-refractivity contribution is 6.35. The van der Waals surface area contributed by atoms with E-state index < -0.39 is 6.09 Å². The van der Waals surface area contributed by atoms with Gasteiger partial charge in [-0.05, 0) is 58.7 Å². The Balaban J connectivity index is 2.04. The number of aryl methyl sites for hydroxylation is 1. The number of nitrogens with one attached hydrogen (secondary N) is 1. The van der Waals surface area contributed by atoms with E-state index in [4.69, 9.17) is 23.2 Å². The summed E-state index contributed by atoms with van der Waals surface area (Å²) in [5, 5.41) is 13.1. The molecule has 0 aromatic heterocycles. The summed E-state index contributed by atoms with van der Waals surface area (Å²) in [6.07, 6.45) is 0.846. The van der Waals surface area contributed by atoms with Gasteiger partial charge in [0.15, 0.2) is 0 Å². The molecule has 1 aliphatic carbocycles. The lowest BCUT2D eigenvalue weighted by Gasteiger charge is -2.40. The van der Waals surface area contributed by atoms with Crippen molar-refractivity contribution in [2.75, 3.05) is 0 Å². The molecule has 1 aliphatic rings. The van der Waals surface area contributed by atoms with E-state index >= 15 is 0 Å². The van der Waals surface area contributed by atoms with Crippen LogP contribution in [0.3, 0.4) is 0 Å². The largest absolute Gasteiger partial charge is 0.465 e. The number of fused-ring (bicyclic) bond motifs is 1. The minimum atomic E-state index is -0.994. The van der Waals surface area contributed by atoms with Crippen LogP contribution in [0.4, 0.5) is 4.79 Å². The Kier molecular flexibility index (Phi) is 4.50. The minimum absolute atomic E-state index is 0.119. The number of hydrogen-bond acceptors (Lipinski definition) is 1. The van der Waals surface area contributed by atoms with Crippen LogP contribution in [0.1, 0.15) is 37.4 Å². The molecule has 2 N–H and O–H groups in total. The quantitative estimate of drug-likeness (QED) is 0.693. The van der Waals surface area contributed by atoms with Crippen molar-refractivity contribution in [3.63, 3.8) is 0 Å². The van der Waals surface area contributed by atoms with Gasteiger partial charge in [0, 0.05) is 10.0 Å². The van der Waals surface area contributed by atoms with Gasteiger partial charge in [-0.1, -0.05) is 55.2 Å². The Bertz CT molecular complexity index is 782. The molecule has 0 unspecified atom stereocenters. The normalized spacial score (nSPS) is 18.8. The zero-order valence-electron chi connectivity index (χ0n) is 13.6. The van der Waals surface area contributed by atoms with Crippen molar-refractivity contribution in [3.05, 3.63) is 57.6 Å². The number of carboxylic acid groups (broad SMARTS) is 1. The smallest absolute Gasteiger partial charge is 0.405 e. The van der Waals surface area contributed by atoms with Crippen molar-refractivity contribution in [1.29, 1.82) is 0 Å². The molecule has 1 atom stereocenters. The van der Waals surface area contributed by atoms with Gasteiger partial charge in [-0.3, -0.25) is 0 Å². The highest BCUT2D eigenvalue weighted by atomic mass is 35.5. The molecule has 3 nitrogen and oxygen atoms in total. The molecule has 2 aromatic rings. The molecule has 0 heterocycles. The van der Waals surface area contributed by atoms with Crippen LogP contribution in [0, 0.1) is 5.41 Å². The summed E-state index contributed by atoms with van der Waals surface area (Å²) >= 11 is 12.2. The van der Waals surface area contributed by atoms with Gasteiger partial charge in [-0.15, -0.1) is 0 Å². The van der Waals surface area contributed by atoms with Gasteiger partial charge >= 0.3 is 6.09 Å². The molecule has 24 heavy (non-hydrogen) atoms. The SMILES string of the molecule is CC1(C)CCc2cc(-c3cc(Cl)cc(Cl)c3)ccc2[C@H]1NC(=O)O. The first kappa shape index (κ1) is 17.1. The van der Waals surface area contributed by atoms with Gasteiger partial charge in [0.25, 0.3) is 0 Å². The number of carbonyl (C=O) groups is 1. The lowest BCUT2D eigenvalue weighted by molar-refractivity contribution is 0.161. The number of rotatable bonds is 2. The summed E-state index contributed by atoms with van der Waals surface area (Å²) in [4.78, 5) is 11.2. The molecule has 0 aliphatic heterocycles. The molecule has 0 radical (unpaired) electrons. The van der Waals surface area contributed by atoms with Gasteiger partial charge in [0.05, 0.1) is 6.04 Å². The predicted molar refractivity (Wildman–Crippen MR) is 97.9 cm³/mol. The number of hydrogen-bond donors (Lipinski definition) is 2. The van der Waals surface area contributed by atoms with E-state index in [1.54, 1.807) is 6.07 Å². The fraction of sp³-hybridized carbons (Fsp3) is 0.316. The van der Waals surface area contributed by atoms with E-state index in [0.717, 1.165) is 29.5 Å². The Morgan fingerprint density at radius 3 is 2.42 bits per heavy atom. The molecule has 1 amide bonds. The molecule has 0 saturated heterocycles. The average molecular weight is 364 g/mol. The van der Waals surface area contributed by atoms with E-state index in [1.165, 1.54) is 5.56 Å². The van der Waals surface area contributed by atoms with E-state index in [-0.39, 0.29) is 11.5 Å². The van der Waals surface area contributed by atoms with Crippen molar-refractivity contribution in [3.8, 4) is 11.1 Å². The zero-order chi connectivity index (χ0) is 17.5. The summed E-state index contributed by atoms with van der Waals surface area (Å²) in [6.45, 7) is 4.20. The zero-order valence-corrected chi connectivity index (χ0v) is 15.1. The van der Waals surface area contributed by atoms with E-state index in [2.05, 4.69) is 25.2 Å². The summed E-state index contributed by atoms with van der Waals surface area (Å²) in [5.74, 6) is 0. The summed E-state index contributed by atoms with van der Waals surface area (Å²) in [6, 6.07) is 11.4. The Morgan fingerprint density at radius 2 is 1.79 bits per heavy atom. The number of amides is 1. The first-order valence-corrected chi connectivity index (χ1v) is 8.60. The van der Waals surface area contributed by atoms with Crippen molar-refractivity contribution in [2.45, 2.75) is 32.7 Å². The van der Waals surface area contributed by atoms with Crippen LogP contribution in [0.5, 0.6) is 0 Å². The second-order valence-electron chi connectivity index (χ2n) is 6.94. The van der Waals surface area contributed by atoms with Crippen LogP contribution in [0.2, 0.25) is 10.0 Å². The van der Waals surface area contributed by atoms with Crippen LogP contribution < -0.4 is 5.32 Å². The molecule has 0 spiro atoms. The van der Waals surface area contributed by atoms with Crippen LogP contribution in [-0.2, 0) is 6.42 Å². The summed E-state index contributed by atoms with van der Waals surface area (Å²) in [7, 11) is 0. The number of halogens is 2. The Labute approximate surface area is 151 Å². The maximum atomic E-state index is 11.2. The van der Waals surface area contributed by atoms with Crippen molar-refractivity contribution in [1.82, 2.24) is 5.32 Å². The predicted octanol–water partition coefficient (Wildman–Crippen LogP) is 5.94. The molecular formula is C19H19Cl2NO2. The first-order chi connectivity index (χ1) is 11.3. The van der Waals surface area contributed by atoms with E-state index in [1.807, 2.05) is 24.3 Å². The van der Waals surface area contributed by atoms with Gasteiger partial charge < -0.3 is 10.4 Å². The fourth-order valence-corrected chi connectivity index (χ4v) is 3.95. The van der Waals surface area contributed by atoms with Gasteiger partial charge in [-0.2, -0.15) is 0 Å². The van der Waals surface area contributed by atoms with Gasteiger partial charge in [0.1, 0.15) is 0 Å². The first-order valence-electron chi connectivity index (χ1n) is 7.85. The standard InChI is InChI=1S/C19H19Cl2NO2/c1-19(2)6-5-12-7-11(13-8-14(20)10-15(21)9-13)3-4-16(12)17(19)22-18(23)24/h3-4,7-10,17,22H,5-6H2,1-2H3,(H,23,24)/t17-/m1/s1. The fourth-order valence-electron chi connectivity index (χ4n) is 3.42. The lowest BCUT2D eigenvalue weighted by Crippen LogP contribution is -2.40. The maximum Gasteiger partial charge on any atom is 0.405 e. The maximum absolute atomic E-state index is 11.2. The van der Waals surface area contributed by atoms with Crippen LogP contribution >= 0.6 is 23.2 Å². The molecule has 0 bridgehead atoms. The molecule has 0 saturated carbocycles. The van der Waals surface area contributed by atoms with Crippen LogP contribution in [0.15, 0.2) is 36.4 Å². The second-order valence-corrected chi connectivity index (χ2v) is 7.82. The molecule has 3 rings (SSSR count). The third-order valence-electron chi connectivity index (χ3n) is 4.74. The van der Waals surface area contributed by atoms with E-state index in [0.29, 0.717) is 10.0 Å². The highest BCUT2D eigenvalue weighted by Gasteiger charge is 2.37. The second kappa shape index (κ2) is 6.30. The highest BCUT2D eigenvalue weighted by Crippen LogP contribution is 2.44. The number of benzene rings is 2. The molecule has 5 heteroatoms. The third kappa shape index (κ3) is 3.38.